The van der Waals surface area contributed by atoms with E-state index in [4.69, 9.17) is 18.9 Å². The molecule has 3 aliphatic rings. The second-order valence-corrected chi connectivity index (χ2v) is 12.6. The highest BCUT2D eigenvalue weighted by molar-refractivity contribution is 5.94. The van der Waals surface area contributed by atoms with E-state index in [1.165, 1.54) is 0 Å². The van der Waals surface area contributed by atoms with E-state index in [-0.39, 0.29) is 24.7 Å². The Hall–Kier alpha value is -3.89. The van der Waals surface area contributed by atoms with Crippen LogP contribution in [0.15, 0.2) is 103 Å². The molecule has 3 aliphatic heterocycles. The van der Waals surface area contributed by atoms with E-state index in [0.29, 0.717) is 25.3 Å². The number of nitrogens with zero attached hydrogens (tertiary/aromatic N) is 1. The first-order valence-corrected chi connectivity index (χ1v) is 16.6. The van der Waals surface area contributed by atoms with Crippen LogP contribution in [-0.2, 0) is 32.1 Å². The fraction of sp³-hybridized carbons (Fsp3) is 0.359. The van der Waals surface area contributed by atoms with Crippen molar-refractivity contribution in [3.63, 3.8) is 0 Å². The van der Waals surface area contributed by atoms with E-state index in [9.17, 15) is 9.90 Å². The summed E-state index contributed by atoms with van der Waals surface area (Å²) in [6, 6.07) is 33.8. The van der Waals surface area contributed by atoms with Gasteiger partial charge in [-0.25, -0.2) is 0 Å². The standard InChI is InChI=1S/C39H42N2O6/c42-27-28-12-14-30(15-13-28)36-24-35(26-41-18-16-39(17-19-41)44-20-21-45-39)46-38(47-36)34-11-5-10-33(23-34)32-9-4-6-29(22-32)25-40-37(43)31-7-2-1-3-8-31/h1-15,22-23,35-36,38,42H,16-21,24-27H2,(H,40,43)/t35-,36+,38+/m0/s1. The number of ether oxygens (including phenoxy) is 4. The number of amides is 1. The van der Waals surface area contributed by atoms with Gasteiger partial charge < -0.3 is 34.3 Å². The van der Waals surface area contributed by atoms with Gasteiger partial charge in [0.05, 0.1) is 32.0 Å². The average molecular weight is 635 g/mol. The molecule has 0 aliphatic carbocycles. The molecule has 1 spiro atoms. The van der Waals surface area contributed by atoms with Crippen LogP contribution in [0.5, 0.6) is 0 Å². The summed E-state index contributed by atoms with van der Waals surface area (Å²) in [7, 11) is 0. The Labute approximate surface area is 276 Å². The summed E-state index contributed by atoms with van der Waals surface area (Å²) in [6.07, 6.45) is 1.74. The highest BCUT2D eigenvalue weighted by atomic mass is 16.7. The number of aliphatic hydroxyl groups is 1. The van der Waals surface area contributed by atoms with E-state index >= 15 is 0 Å². The molecule has 244 valence electrons. The largest absolute Gasteiger partial charge is 0.392 e. The van der Waals surface area contributed by atoms with E-state index in [2.05, 4.69) is 40.5 Å². The first-order chi connectivity index (χ1) is 23.1. The molecule has 3 saturated heterocycles. The molecule has 0 bridgehead atoms. The lowest BCUT2D eigenvalue weighted by Gasteiger charge is -2.41. The van der Waals surface area contributed by atoms with Gasteiger partial charge in [-0.1, -0.05) is 78.9 Å². The maximum atomic E-state index is 12.6. The SMILES string of the molecule is O=C(NCc1cccc(-c2cccc([C@@H]3O[C@H](CN4CCC5(CC4)OCCO5)C[C@H](c4ccc(CO)cc4)O3)c2)c1)c1ccccc1. The molecule has 3 heterocycles. The van der Waals surface area contributed by atoms with Gasteiger partial charge in [-0.15, -0.1) is 0 Å². The van der Waals surface area contributed by atoms with Gasteiger partial charge >= 0.3 is 0 Å². The zero-order chi connectivity index (χ0) is 32.1. The number of hydrogen-bond donors (Lipinski definition) is 2. The predicted octanol–water partition coefficient (Wildman–Crippen LogP) is 6.16. The third-order valence-electron chi connectivity index (χ3n) is 9.42. The zero-order valence-corrected chi connectivity index (χ0v) is 26.6. The fourth-order valence-electron chi connectivity index (χ4n) is 6.78. The number of benzene rings is 4. The number of carbonyl (C=O) groups excluding carboxylic acids is 1. The monoisotopic (exact) mass is 634 g/mol. The van der Waals surface area contributed by atoms with Gasteiger partial charge in [0, 0.05) is 56.6 Å². The highest BCUT2D eigenvalue weighted by Gasteiger charge is 2.41. The van der Waals surface area contributed by atoms with E-state index in [1.807, 2.05) is 72.8 Å². The third kappa shape index (κ3) is 7.65. The normalized spacial score (nSPS) is 22.7. The first kappa shape index (κ1) is 31.7. The molecule has 4 aromatic rings. The van der Waals surface area contributed by atoms with Gasteiger partial charge in [-0.3, -0.25) is 4.79 Å². The van der Waals surface area contributed by atoms with Crippen LogP contribution in [0.25, 0.3) is 11.1 Å². The van der Waals surface area contributed by atoms with Crippen molar-refractivity contribution >= 4 is 5.91 Å². The van der Waals surface area contributed by atoms with Crippen LogP contribution in [0.2, 0.25) is 0 Å². The lowest BCUT2D eigenvalue weighted by atomic mass is 9.97. The number of aliphatic hydroxyl groups excluding tert-OH is 1. The predicted molar refractivity (Wildman–Crippen MR) is 178 cm³/mol. The van der Waals surface area contributed by atoms with Crippen molar-refractivity contribution in [2.24, 2.45) is 0 Å². The molecule has 0 saturated carbocycles. The van der Waals surface area contributed by atoms with Crippen LogP contribution in [-0.4, -0.2) is 60.7 Å². The van der Waals surface area contributed by atoms with Gasteiger partial charge in [0.2, 0.25) is 0 Å². The van der Waals surface area contributed by atoms with Crippen LogP contribution < -0.4 is 5.32 Å². The Morgan fingerprint density at radius 3 is 2.26 bits per heavy atom. The zero-order valence-electron chi connectivity index (χ0n) is 26.6. The van der Waals surface area contributed by atoms with Crippen LogP contribution in [0.3, 0.4) is 0 Å². The van der Waals surface area contributed by atoms with Crippen molar-refractivity contribution in [3.8, 4) is 11.1 Å². The molecule has 3 fully saturated rings. The second-order valence-electron chi connectivity index (χ2n) is 12.6. The van der Waals surface area contributed by atoms with Gasteiger partial charge in [0.1, 0.15) is 0 Å². The summed E-state index contributed by atoms with van der Waals surface area (Å²) in [5.74, 6) is -0.499. The lowest BCUT2D eigenvalue weighted by molar-refractivity contribution is -0.255. The minimum Gasteiger partial charge on any atom is -0.392 e. The lowest BCUT2D eigenvalue weighted by Crippen LogP contribution is -2.48. The Bertz CT molecular complexity index is 1630. The van der Waals surface area contributed by atoms with Crippen molar-refractivity contribution in [1.82, 2.24) is 10.2 Å². The molecule has 0 aromatic heterocycles. The van der Waals surface area contributed by atoms with E-state index in [1.54, 1.807) is 0 Å². The highest BCUT2D eigenvalue weighted by Crippen LogP contribution is 2.40. The topological polar surface area (TPSA) is 89.5 Å². The molecule has 0 unspecified atom stereocenters. The maximum absolute atomic E-state index is 12.6. The minimum absolute atomic E-state index is 0.0113. The number of likely N-dealkylation sites (tertiary alicyclic amines) is 1. The van der Waals surface area contributed by atoms with Gasteiger partial charge in [0.25, 0.3) is 5.91 Å². The van der Waals surface area contributed by atoms with Crippen molar-refractivity contribution in [3.05, 3.63) is 131 Å². The van der Waals surface area contributed by atoms with Crippen LogP contribution >= 0.6 is 0 Å². The molecule has 7 rings (SSSR count). The van der Waals surface area contributed by atoms with Crippen molar-refractivity contribution in [2.75, 3.05) is 32.8 Å². The van der Waals surface area contributed by atoms with Crippen molar-refractivity contribution in [2.45, 2.75) is 56.7 Å². The van der Waals surface area contributed by atoms with Crippen LogP contribution in [0.1, 0.15) is 64.3 Å². The van der Waals surface area contributed by atoms with E-state index < -0.39 is 12.1 Å². The summed E-state index contributed by atoms with van der Waals surface area (Å²) in [4.78, 5) is 15.1. The summed E-state index contributed by atoms with van der Waals surface area (Å²) >= 11 is 0. The summed E-state index contributed by atoms with van der Waals surface area (Å²) in [5.41, 5.74) is 6.68. The van der Waals surface area contributed by atoms with Gasteiger partial charge in [-0.05, 0) is 52.1 Å². The Kier molecular flexibility index (Phi) is 9.76. The molecule has 1 amide bonds. The summed E-state index contributed by atoms with van der Waals surface area (Å²) in [6.45, 7) is 4.41. The summed E-state index contributed by atoms with van der Waals surface area (Å²) < 4.78 is 25.3. The molecule has 8 heteroatoms. The van der Waals surface area contributed by atoms with Gasteiger partial charge in [-0.2, -0.15) is 0 Å². The molecule has 3 atom stereocenters. The van der Waals surface area contributed by atoms with Crippen LogP contribution in [0, 0.1) is 0 Å². The smallest absolute Gasteiger partial charge is 0.251 e. The molecular weight excluding hydrogens is 592 g/mol. The maximum Gasteiger partial charge on any atom is 0.251 e. The van der Waals surface area contributed by atoms with E-state index in [0.717, 1.165) is 72.3 Å². The molecule has 47 heavy (non-hydrogen) atoms. The minimum atomic E-state index is -0.540. The number of hydrogen-bond acceptors (Lipinski definition) is 7. The number of rotatable bonds is 9. The van der Waals surface area contributed by atoms with Crippen molar-refractivity contribution in [1.29, 1.82) is 0 Å². The third-order valence-corrected chi connectivity index (χ3v) is 9.42. The number of nitrogens with one attached hydrogen (secondary N) is 1. The van der Waals surface area contributed by atoms with Crippen LogP contribution in [0.4, 0.5) is 0 Å². The Morgan fingerprint density at radius 1 is 0.787 bits per heavy atom. The quantitative estimate of drug-likeness (QED) is 0.228. The number of piperidine rings is 1. The summed E-state index contributed by atoms with van der Waals surface area (Å²) in [5, 5.41) is 12.6. The molecule has 4 aromatic carbocycles. The number of carbonyl (C=O) groups is 1. The Balaban J connectivity index is 1.07. The second kappa shape index (κ2) is 14.5. The molecule has 8 nitrogen and oxygen atoms in total. The first-order valence-electron chi connectivity index (χ1n) is 16.6. The average Bonchev–Trinajstić information content (AvgIpc) is 3.60. The van der Waals surface area contributed by atoms with Gasteiger partial charge in [0.15, 0.2) is 12.1 Å². The molecule has 0 radical (unpaired) electrons. The fourth-order valence-corrected chi connectivity index (χ4v) is 6.78. The molecular formula is C39H42N2O6. The van der Waals surface area contributed by atoms with Crippen molar-refractivity contribution < 1.29 is 28.8 Å². The molecule has 2 N–H and O–H groups in total. The Morgan fingerprint density at radius 2 is 1.51 bits per heavy atom.